The predicted molar refractivity (Wildman–Crippen MR) is 71.8 cm³/mol. The summed E-state index contributed by atoms with van der Waals surface area (Å²) in [5.41, 5.74) is 0.795. The molecule has 0 saturated carbocycles. The molecule has 1 aromatic heterocycles. The fourth-order valence-corrected chi connectivity index (χ4v) is 3.20. The van der Waals surface area contributed by atoms with Crippen LogP contribution in [0.1, 0.15) is 23.9 Å². The molecule has 0 spiro atoms. The highest BCUT2D eigenvalue weighted by Crippen LogP contribution is 2.26. The van der Waals surface area contributed by atoms with Crippen molar-refractivity contribution in [1.29, 1.82) is 0 Å². The molecule has 1 aromatic rings. The molecule has 18 heavy (non-hydrogen) atoms. The molecule has 0 amide bonds. The van der Waals surface area contributed by atoms with Crippen LogP contribution in [0.25, 0.3) is 0 Å². The molecule has 1 heterocycles. The third-order valence-electron chi connectivity index (χ3n) is 2.03. The maximum Gasteiger partial charge on any atom is 0.266 e. The Bertz CT molecular complexity index is 454. The van der Waals surface area contributed by atoms with Crippen molar-refractivity contribution >= 4 is 29.3 Å². The average Bonchev–Trinajstić information content (AvgIpc) is 2.65. The number of nitrogens with zero attached hydrogens (tertiary/aromatic N) is 2. The molecule has 0 aromatic carbocycles. The van der Waals surface area contributed by atoms with Crippen LogP contribution in [0, 0.1) is 12.1 Å². The maximum absolute atomic E-state index is 11.8. The van der Waals surface area contributed by atoms with Gasteiger partial charge in [0.05, 0.1) is 5.69 Å². The number of hydroxylamine groups is 1. The van der Waals surface area contributed by atoms with Gasteiger partial charge in [-0.15, -0.1) is 11.3 Å². The minimum atomic E-state index is -1.65. The van der Waals surface area contributed by atoms with Gasteiger partial charge >= 0.3 is 0 Å². The van der Waals surface area contributed by atoms with Crippen molar-refractivity contribution in [3.8, 4) is 0 Å². The van der Waals surface area contributed by atoms with E-state index in [-0.39, 0.29) is 0 Å². The van der Waals surface area contributed by atoms with Crippen LogP contribution in [-0.4, -0.2) is 28.2 Å². The van der Waals surface area contributed by atoms with Crippen molar-refractivity contribution in [2.75, 3.05) is 12.3 Å². The lowest BCUT2D eigenvalue weighted by molar-refractivity contribution is -0.447. The van der Waals surface area contributed by atoms with Crippen LogP contribution in [0.3, 0.4) is 0 Å². The Balaban J connectivity index is 2.59. The molecule has 1 rings (SSSR count). The van der Waals surface area contributed by atoms with Gasteiger partial charge in [0.15, 0.2) is 17.1 Å². The number of halogens is 2. The molecular formula is C11H14F2N2OS2. The zero-order valence-corrected chi connectivity index (χ0v) is 11.8. The van der Waals surface area contributed by atoms with E-state index in [0.717, 1.165) is 25.7 Å². The van der Waals surface area contributed by atoms with Gasteiger partial charge in [-0.3, -0.25) is 0 Å². The largest absolute Gasteiger partial charge is 0.624 e. The molecule has 0 aliphatic heterocycles. The van der Waals surface area contributed by atoms with Crippen molar-refractivity contribution in [1.82, 2.24) is 4.98 Å². The number of thiazole rings is 1. The lowest BCUT2D eigenvalue weighted by Crippen LogP contribution is -2.03. The Hall–Kier alpha value is -0.950. The summed E-state index contributed by atoms with van der Waals surface area (Å²) in [5.74, 6) is 0.554. The van der Waals surface area contributed by atoms with E-state index < -0.39 is 6.08 Å². The molecule has 7 heteroatoms. The normalized spacial score (nSPS) is 11.7. The summed E-state index contributed by atoms with van der Waals surface area (Å²) in [6.07, 6.45) is 1.08. The highest BCUT2D eigenvalue weighted by Gasteiger charge is 2.08. The topological polar surface area (TPSA) is 39.0 Å². The smallest absolute Gasteiger partial charge is 0.266 e. The number of thioether (sulfide) groups is 1. The second kappa shape index (κ2) is 7.48. The summed E-state index contributed by atoms with van der Waals surface area (Å²) in [6.45, 7) is 3.99. The van der Waals surface area contributed by atoms with Crippen LogP contribution in [-0.2, 0) is 0 Å². The van der Waals surface area contributed by atoms with E-state index in [0.29, 0.717) is 18.7 Å². The Morgan fingerprint density at radius 1 is 1.56 bits per heavy atom. The molecule has 0 fully saturated rings. The summed E-state index contributed by atoms with van der Waals surface area (Å²) in [7, 11) is 0. The van der Waals surface area contributed by atoms with Crippen LogP contribution in [0.15, 0.2) is 16.5 Å². The fourth-order valence-electron chi connectivity index (χ4n) is 1.10. The van der Waals surface area contributed by atoms with E-state index in [2.05, 4.69) is 4.98 Å². The number of allylic oxidation sites excluding steroid dienone is 1. The van der Waals surface area contributed by atoms with Crippen LogP contribution in [0.5, 0.6) is 0 Å². The van der Waals surface area contributed by atoms with Gasteiger partial charge in [0.2, 0.25) is 0 Å². The monoisotopic (exact) mass is 292 g/mol. The Morgan fingerprint density at radius 3 is 2.89 bits per heavy atom. The van der Waals surface area contributed by atoms with E-state index >= 15 is 0 Å². The molecule has 3 nitrogen and oxygen atoms in total. The SMILES string of the molecule is CC/[N+]([O-])=C/c1sc(SCCC=C(F)F)nc1C. The van der Waals surface area contributed by atoms with Gasteiger partial charge in [0, 0.05) is 5.75 Å². The van der Waals surface area contributed by atoms with Crippen molar-refractivity contribution < 1.29 is 13.5 Å². The summed E-state index contributed by atoms with van der Waals surface area (Å²) in [6, 6.07) is 0. The maximum atomic E-state index is 11.8. The summed E-state index contributed by atoms with van der Waals surface area (Å²) in [5, 5.41) is 11.2. The van der Waals surface area contributed by atoms with E-state index in [1.54, 1.807) is 6.92 Å². The van der Waals surface area contributed by atoms with Gasteiger partial charge in [0.1, 0.15) is 4.88 Å². The van der Waals surface area contributed by atoms with E-state index in [9.17, 15) is 14.0 Å². The number of aryl methyl sites for hydroxylation is 1. The van der Waals surface area contributed by atoms with E-state index in [4.69, 9.17) is 0 Å². The minimum absolute atomic E-state index is 0.313. The van der Waals surface area contributed by atoms with E-state index in [1.165, 1.54) is 29.3 Å². The zero-order valence-electron chi connectivity index (χ0n) is 10.2. The first-order valence-corrected chi connectivity index (χ1v) is 7.23. The third kappa shape index (κ3) is 5.14. The lowest BCUT2D eigenvalue weighted by atomic mass is 10.4. The zero-order chi connectivity index (χ0) is 13.5. The second-order valence-electron chi connectivity index (χ2n) is 3.42. The number of rotatable bonds is 6. The van der Waals surface area contributed by atoms with Gasteiger partial charge in [0.25, 0.3) is 6.08 Å². The van der Waals surface area contributed by atoms with Gasteiger partial charge in [-0.1, -0.05) is 11.8 Å². The fraction of sp³-hybridized carbons (Fsp3) is 0.455. The molecule has 0 unspecified atom stereocenters. The summed E-state index contributed by atoms with van der Waals surface area (Å²) >= 11 is 2.83. The molecule has 0 aliphatic rings. The molecule has 100 valence electrons. The molecule has 0 saturated heterocycles. The van der Waals surface area contributed by atoms with Gasteiger partial charge in [-0.05, 0) is 26.3 Å². The molecule has 0 atom stereocenters. The molecule has 0 N–H and O–H groups in total. The number of hydrogen-bond acceptors (Lipinski definition) is 4. The van der Waals surface area contributed by atoms with Crippen molar-refractivity contribution in [2.24, 2.45) is 0 Å². The first-order chi connectivity index (χ1) is 8.52. The standard InChI is InChI=1S/C11H14F2N2OS2/c1-3-15(16)7-9-8(2)14-11(18-9)17-6-4-5-10(12)13/h5,7H,3-4,6H2,1-2H3/b15-7-. The van der Waals surface area contributed by atoms with Crippen LogP contribution < -0.4 is 0 Å². The van der Waals surface area contributed by atoms with Crippen LogP contribution in [0.4, 0.5) is 8.78 Å². The Kier molecular flexibility index (Phi) is 6.28. The molecule has 0 aliphatic carbocycles. The quantitative estimate of drug-likeness (QED) is 0.200. The summed E-state index contributed by atoms with van der Waals surface area (Å²) < 4.78 is 25.3. The highest BCUT2D eigenvalue weighted by molar-refractivity contribution is 8.01. The molecular weight excluding hydrogens is 278 g/mol. The lowest BCUT2D eigenvalue weighted by Gasteiger charge is -1.97. The van der Waals surface area contributed by atoms with Crippen molar-refractivity contribution in [2.45, 2.75) is 24.6 Å². The molecule has 0 radical (unpaired) electrons. The van der Waals surface area contributed by atoms with Gasteiger partial charge in [-0.2, -0.15) is 8.78 Å². The van der Waals surface area contributed by atoms with E-state index in [1.807, 2.05) is 6.92 Å². The predicted octanol–water partition coefficient (Wildman–Crippen LogP) is 3.66. The minimum Gasteiger partial charge on any atom is -0.624 e. The highest BCUT2D eigenvalue weighted by atomic mass is 32.2. The molecule has 0 bridgehead atoms. The first-order valence-electron chi connectivity index (χ1n) is 5.43. The van der Waals surface area contributed by atoms with Crippen molar-refractivity contribution in [3.63, 3.8) is 0 Å². The van der Waals surface area contributed by atoms with Crippen molar-refractivity contribution in [3.05, 3.63) is 27.9 Å². The second-order valence-corrected chi connectivity index (χ2v) is 5.80. The van der Waals surface area contributed by atoms with Crippen LogP contribution in [0.2, 0.25) is 0 Å². The van der Waals surface area contributed by atoms with Crippen LogP contribution >= 0.6 is 23.1 Å². The van der Waals surface area contributed by atoms with Gasteiger partial charge < -0.3 is 5.21 Å². The average molecular weight is 292 g/mol. The summed E-state index contributed by atoms with van der Waals surface area (Å²) in [4.78, 5) is 5.11. The third-order valence-corrected chi connectivity index (χ3v) is 4.30. The number of hydrogen-bond donors (Lipinski definition) is 0. The Labute approximate surface area is 113 Å². The van der Waals surface area contributed by atoms with Gasteiger partial charge in [-0.25, -0.2) is 9.72 Å². The first kappa shape index (κ1) is 15.1. The Morgan fingerprint density at radius 2 is 2.28 bits per heavy atom. The number of aromatic nitrogens is 1.